The van der Waals surface area contributed by atoms with Gasteiger partial charge in [0.15, 0.2) is 12.3 Å². The van der Waals surface area contributed by atoms with E-state index in [0.29, 0.717) is 60.2 Å². The SMILES string of the molecule is O=C(OCC(=O)N1CCOCC1)c1cc(-c2ccccc2)nc2c1cnn2Cc1ccc(Cl)cc1. The van der Waals surface area contributed by atoms with Gasteiger partial charge in [0.25, 0.3) is 5.91 Å². The van der Waals surface area contributed by atoms with Crippen molar-refractivity contribution in [3.8, 4) is 11.3 Å². The number of halogens is 1. The van der Waals surface area contributed by atoms with Gasteiger partial charge in [-0.2, -0.15) is 5.10 Å². The summed E-state index contributed by atoms with van der Waals surface area (Å²) in [6.07, 6.45) is 1.60. The summed E-state index contributed by atoms with van der Waals surface area (Å²) in [6, 6.07) is 18.7. The molecule has 35 heavy (non-hydrogen) atoms. The molecule has 4 aromatic rings. The summed E-state index contributed by atoms with van der Waals surface area (Å²) < 4.78 is 12.4. The normalized spacial score (nSPS) is 13.7. The molecule has 0 aliphatic carbocycles. The summed E-state index contributed by atoms with van der Waals surface area (Å²) in [5.41, 5.74) is 3.32. The predicted octanol–water partition coefficient (Wildman–Crippen LogP) is 3.82. The van der Waals surface area contributed by atoms with E-state index in [4.69, 9.17) is 26.1 Å². The van der Waals surface area contributed by atoms with Crippen LogP contribution in [0.25, 0.3) is 22.3 Å². The van der Waals surface area contributed by atoms with Gasteiger partial charge in [-0.25, -0.2) is 14.5 Å². The molecule has 0 saturated carbocycles. The molecule has 1 fully saturated rings. The highest BCUT2D eigenvalue weighted by atomic mass is 35.5. The minimum absolute atomic E-state index is 0.242. The first-order chi connectivity index (χ1) is 17.1. The van der Waals surface area contributed by atoms with Gasteiger partial charge in [-0.3, -0.25) is 4.79 Å². The Bertz CT molecular complexity index is 1350. The maximum Gasteiger partial charge on any atom is 0.339 e. The molecule has 0 bridgehead atoms. The first kappa shape index (κ1) is 23.0. The number of morpholine rings is 1. The number of fused-ring (bicyclic) bond motifs is 1. The number of aromatic nitrogens is 3. The Labute approximate surface area is 207 Å². The van der Waals surface area contributed by atoms with Crippen LogP contribution in [0.2, 0.25) is 5.02 Å². The molecule has 1 aliphatic rings. The summed E-state index contributed by atoms with van der Waals surface area (Å²) >= 11 is 6.01. The number of esters is 1. The number of nitrogens with zero attached hydrogens (tertiary/aromatic N) is 4. The van der Waals surface area contributed by atoms with E-state index in [1.807, 2.05) is 54.6 Å². The highest BCUT2D eigenvalue weighted by Crippen LogP contribution is 2.26. The summed E-state index contributed by atoms with van der Waals surface area (Å²) in [5, 5.41) is 5.69. The van der Waals surface area contributed by atoms with Crippen molar-refractivity contribution in [2.24, 2.45) is 0 Å². The predicted molar refractivity (Wildman–Crippen MR) is 131 cm³/mol. The fourth-order valence-electron chi connectivity index (χ4n) is 3.96. The first-order valence-corrected chi connectivity index (χ1v) is 11.7. The van der Waals surface area contributed by atoms with Gasteiger partial charge < -0.3 is 14.4 Å². The molecule has 3 heterocycles. The van der Waals surface area contributed by atoms with Gasteiger partial charge >= 0.3 is 5.97 Å². The van der Waals surface area contributed by atoms with Crippen LogP contribution in [0.5, 0.6) is 0 Å². The van der Waals surface area contributed by atoms with Gasteiger partial charge in [-0.05, 0) is 23.8 Å². The van der Waals surface area contributed by atoms with Crippen molar-refractivity contribution in [3.05, 3.63) is 83.0 Å². The van der Waals surface area contributed by atoms with Crippen LogP contribution in [0.15, 0.2) is 66.9 Å². The van der Waals surface area contributed by atoms with Crippen LogP contribution < -0.4 is 0 Å². The summed E-state index contributed by atoms with van der Waals surface area (Å²) in [7, 11) is 0. The van der Waals surface area contributed by atoms with Crippen molar-refractivity contribution in [2.75, 3.05) is 32.9 Å². The van der Waals surface area contributed by atoms with Crippen molar-refractivity contribution >= 4 is 34.5 Å². The molecule has 2 aromatic heterocycles. The van der Waals surface area contributed by atoms with Crippen molar-refractivity contribution in [1.82, 2.24) is 19.7 Å². The van der Waals surface area contributed by atoms with Gasteiger partial charge in [-0.1, -0.05) is 54.1 Å². The van der Waals surface area contributed by atoms with Gasteiger partial charge in [0.05, 0.1) is 42.6 Å². The van der Waals surface area contributed by atoms with Crippen LogP contribution in [0.1, 0.15) is 15.9 Å². The van der Waals surface area contributed by atoms with Crippen LogP contribution in [-0.4, -0.2) is 64.5 Å². The smallest absolute Gasteiger partial charge is 0.339 e. The fourth-order valence-corrected chi connectivity index (χ4v) is 4.09. The fraction of sp³-hybridized carbons (Fsp3) is 0.231. The lowest BCUT2D eigenvalue weighted by atomic mass is 10.1. The number of carbonyl (C=O) groups excluding carboxylic acids is 2. The van der Waals surface area contributed by atoms with Crippen LogP contribution in [-0.2, 0) is 20.8 Å². The molecule has 0 spiro atoms. The highest BCUT2D eigenvalue weighted by molar-refractivity contribution is 6.30. The van der Waals surface area contributed by atoms with E-state index < -0.39 is 5.97 Å². The Morgan fingerprint density at radius 3 is 2.51 bits per heavy atom. The molecule has 2 aromatic carbocycles. The lowest BCUT2D eigenvalue weighted by Gasteiger charge is -2.26. The molecular weight excluding hydrogens is 468 g/mol. The van der Waals surface area contributed by atoms with E-state index >= 15 is 0 Å². The van der Waals surface area contributed by atoms with Gasteiger partial charge in [-0.15, -0.1) is 0 Å². The minimum atomic E-state index is -0.595. The van der Waals surface area contributed by atoms with Gasteiger partial charge in [0, 0.05) is 23.7 Å². The molecule has 0 unspecified atom stereocenters. The molecule has 0 radical (unpaired) electrons. The number of hydrogen-bond donors (Lipinski definition) is 0. The molecule has 9 heteroatoms. The third-order valence-electron chi connectivity index (χ3n) is 5.83. The van der Waals surface area contributed by atoms with Crippen LogP contribution in [0.3, 0.4) is 0 Å². The van der Waals surface area contributed by atoms with Crippen molar-refractivity contribution in [1.29, 1.82) is 0 Å². The third kappa shape index (κ3) is 5.18. The molecule has 1 amide bonds. The summed E-state index contributed by atoms with van der Waals surface area (Å²) in [6.45, 7) is 2.07. The zero-order valence-electron chi connectivity index (χ0n) is 18.9. The highest BCUT2D eigenvalue weighted by Gasteiger charge is 2.22. The van der Waals surface area contributed by atoms with E-state index in [-0.39, 0.29) is 12.5 Å². The van der Waals surface area contributed by atoms with E-state index in [9.17, 15) is 9.59 Å². The van der Waals surface area contributed by atoms with E-state index in [2.05, 4.69) is 5.10 Å². The number of benzene rings is 2. The average molecular weight is 491 g/mol. The van der Waals surface area contributed by atoms with Crippen molar-refractivity contribution in [3.63, 3.8) is 0 Å². The maximum atomic E-state index is 13.1. The topological polar surface area (TPSA) is 86.6 Å². The molecular formula is C26H23ClN4O4. The zero-order valence-corrected chi connectivity index (χ0v) is 19.6. The van der Waals surface area contributed by atoms with Crippen LogP contribution >= 0.6 is 11.6 Å². The second kappa shape index (κ2) is 10.2. The largest absolute Gasteiger partial charge is 0.452 e. The standard InChI is InChI=1S/C26H23ClN4O4/c27-20-8-6-18(7-9-20)16-31-25-22(15-28-31)21(14-23(29-25)19-4-2-1-3-5-19)26(33)35-17-24(32)30-10-12-34-13-11-30/h1-9,14-15H,10-13,16-17H2. The molecule has 8 nitrogen and oxygen atoms in total. The molecule has 0 N–H and O–H groups in total. The number of amides is 1. The Morgan fingerprint density at radius 1 is 1.03 bits per heavy atom. The molecule has 178 valence electrons. The number of pyridine rings is 1. The number of ether oxygens (including phenoxy) is 2. The van der Waals surface area contributed by atoms with E-state index in [0.717, 1.165) is 11.1 Å². The summed E-state index contributed by atoms with van der Waals surface area (Å²) in [4.78, 5) is 32.1. The van der Waals surface area contributed by atoms with Crippen LogP contribution in [0.4, 0.5) is 0 Å². The lowest BCUT2D eigenvalue weighted by Crippen LogP contribution is -2.42. The van der Waals surface area contributed by atoms with Crippen LogP contribution in [0, 0.1) is 0 Å². The quantitative estimate of drug-likeness (QED) is 0.382. The van der Waals surface area contributed by atoms with Crippen molar-refractivity contribution < 1.29 is 19.1 Å². The van der Waals surface area contributed by atoms with Gasteiger partial charge in [0.2, 0.25) is 0 Å². The molecule has 1 saturated heterocycles. The Morgan fingerprint density at radius 2 is 1.77 bits per heavy atom. The second-order valence-corrected chi connectivity index (χ2v) is 8.59. The number of rotatable bonds is 6. The third-order valence-corrected chi connectivity index (χ3v) is 6.09. The monoisotopic (exact) mass is 490 g/mol. The second-order valence-electron chi connectivity index (χ2n) is 8.16. The molecule has 5 rings (SSSR count). The number of carbonyl (C=O) groups is 2. The Kier molecular flexibility index (Phi) is 6.74. The molecule has 1 aliphatic heterocycles. The molecule has 0 atom stereocenters. The average Bonchev–Trinajstić information content (AvgIpc) is 3.31. The van der Waals surface area contributed by atoms with E-state index in [1.54, 1.807) is 21.8 Å². The van der Waals surface area contributed by atoms with Gasteiger partial charge in [0.1, 0.15) is 0 Å². The maximum absolute atomic E-state index is 13.1. The summed E-state index contributed by atoms with van der Waals surface area (Å²) in [5.74, 6) is -0.837. The van der Waals surface area contributed by atoms with E-state index in [1.165, 1.54) is 0 Å². The first-order valence-electron chi connectivity index (χ1n) is 11.3. The Hall–Kier alpha value is -3.75. The zero-order chi connectivity index (χ0) is 24.2. The lowest BCUT2D eigenvalue weighted by molar-refractivity contribution is -0.138. The minimum Gasteiger partial charge on any atom is -0.452 e. The Balaban J connectivity index is 1.46. The van der Waals surface area contributed by atoms with Crippen molar-refractivity contribution in [2.45, 2.75) is 6.54 Å². The number of hydrogen-bond acceptors (Lipinski definition) is 6.